The molecule has 36 heavy (non-hydrogen) atoms. The molecule has 0 radical (unpaired) electrons. The molecule has 3 heterocycles. The van der Waals surface area contributed by atoms with E-state index in [-0.39, 0.29) is 17.9 Å². The van der Waals surface area contributed by atoms with Crippen LogP contribution in [-0.2, 0) is 17.9 Å². The van der Waals surface area contributed by atoms with Gasteiger partial charge in [0.2, 0.25) is 5.91 Å². The second-order valence-corrected chi connectivity index (χ2v) is 10.5. The molecule has 0 saturated heterocycles. The monoisotopic (exact) mass is 491 g/mol. The second-order valence-electron chi connectivity index (χ2n) is 10.5. The third-order valence-electron chi connectivity index (χ3n) is 7.66. The molecule has 1 fully saturated rings. The molecule has 0 unspecified atom stereocenters. The Balaban J connectivity index is 1.47. The van der Waals surface area contributed by atoms with E-state index in [0.717, 1.165) is 54.7 Å². The van der Waals surface area contributed by atoms with Crippen molar-refractivity contribution in [2.75, 3.05) is 6.61 Å². The molecule has 7 heteroatoms. The van der Waals surface area contributed by atoms with Gasteiger partial charge >= 0.3 is 0 Å². The molecule has 2 aliphatic rings. The number of carbonyl (C=O) groups is 2. The number of carbonyl (C=O) groups excluding carboxylic acids is 2. The molecule has 1 saturated carbocycles. The number of benzene rings is 1. The maximum absolute atomic E-state index is 13.9. The van der Waals surface area contributed by atoms with Crippen LogP contribution >= 0.6 is 0 Å². The number of hydrogen-bond acceptors (Lipinski definition) is 4. The third-order valence-corrected chi connectivity index (χ3v) is 7.66. The van der Waals surface area contributed by atoms with Gasteiger partial charge in [-0.25, -0.2) is 0 Å². The summed E-state index contributed by atoms with van der Waals surface area (Å²) in [6.45, 7) is 7.26. The van der Waals surface area contributed by atoms with Crippen LogP contribution in [0.4, 0.5) is 0 Å². The minimum atomic E-state index is -1.04. The molecular formula is C29H37N3O4. The van der Waals surface area contributed by atoms with Crippen molar-refractivity contribution < 1.29 is 18.7 Å². The van der Waals surface area contributed by atoms with Crippen molar-refractivity contribution >= 4 is 22.9 Å². The lowest BCUT2D eigenvalue weighted by atomic mass is 9.93. The van der Waals surface area contributed by atoms with Gasteiger partial charge in [-0.2, -0.15) is 0 Å². The Morgan fingerprint density at radius 1 is 1.14 bits per heavy atom. The molecule has 2 amide bonds. The molecule has 1 N–H and O–H groups in total. The number of aryl methyl sites for hydroxylation is 1. The molecule has 2 aromatic heterocycles. The fourth-order valence-corrected chi connectivity index (χ4v) is 5.57. The van der Waals surface area contributed by atoms with Gasteiger partial charge in [0.05, 0.1) is 18.7 Å². The van der Waals surface area contributed by atoms with Crippen LogP contribution in [0, 0.1) is 6.92 Å². The predicted octanol–water partition coefficient (Wildman–Crippen LogP) is 5.59. The molecular weight excluding hydrogens is 454 g/mol. The highest BCUT2D eigenvalue weighted by Gasteiger charge is 2.48. The van der Waals surface area contributed by atoms with Gasteiger partial charge in [0, 0.05) is 24.7 Å². The number of aromatic nitrogens is 1. The minimum absolute atomic E-state index is 0.0848. The predicted molar refractivity (Wildman–Crippen MR) is 139 cm³/mol. The van der Waals surface area contributed by atoms with Crippen molar-refractivity contribution in [3.05, 3.63) is 53.4 Å². The van der Waals surface area contributed by atoms with Gasteiger partial charge in [-0.15, -0.1) is 0 Å². The quantitative estimate of drug-likeness (QED) is 0.438. The van der Waals surface area contributed by atoms with E-state index in [2.05, 4.69) is 12.2 Å². The number of fused-ring (bicyclic) bond motifs is 3. The van der Waals surface area contributed by atoms with Crippen molar-refractivity contribution in [1.29, 1.82) is 0 Å². The van der Waals surface area contributed by atoms with Gasteiger partial charge in [-0.3, -0.25) is 9.59 Å². The average molecular weight is 492 g/mol. The molecule has 1 atom stereocenters. The highest BCUT2D eigenvalue weighted by molar-refractivity contribution is 6.03. The Morgan fingerprint density at radius 2 is 1.86 bits per heavy atom. The number of nitrogens with one attached hydrogen (secondary N) is 1. The first-order valence-corrected chi connectivity index (χ1v) is 13.3. The molecule has 192 valence electrons. The number of furan rings is 1. The summed E-state index contributed by atoms with van der Waals surface area (Å²) >= 11 is 0. The van der Waals surface area contributed by atoms with E-state index in [9.17, 15) is 9.59 Å². The van der Waals surface area contributed by atoms with Crippen LogP contribution < -0.4 is 10.1 Å². The van der Waals surface area contributed by atoms with Gasteiger partial charge in [0.25, 0.3) is 5.91 Å². The topological polar surface area (TPSA) is 76.7 Å². The zero-order valence-corrected chi connectivity index (χ0v) is 21.6. The van der Waals surface area contributed by atoms with Gasteiger partial charge < -0.3 is 23.9 Å². The maximum Gasteiger partial charge on any atom is 0.271 e. The van der Waals surface area contributed by atoms with Crippen molar-refractivity contribution in [1.82, 2.24) is 14.8 Å². The normalized spacial score (nSPS) is 20.9. The van der Waals surface area contributed by atoms with Crippen LogP contribution in [-0.4, -0.2) is 39.5 Å². The largest absolute Gasteiger partial charge is 0.494 e. The Labute approximate surface area is 212 Å². The number of nitrogens with zero attached hydrogens (tertiary/aromatic N) is 2. The Bertz CT molecular complexity index is 1230. The zero-order chi connectivity index (χ0) is 25.3. The van der Waals surface area contributed by atoms with Crippen LogP contribution in [0.1, 0.15) is 80.6 Å². The fourth-order valence-electron chi connectivity index (χ4n) is 5.57. The number of hydrogen-bond donors (Lipinski definition) is 1. The van der Waals surface area contributed by atoms with Crippen molar-refractivity contribution in [3.63, 3.8) is 0 Å². The number of ether oxygens (including phenoxy) is 1. The van der Waals surface area contributed by atoms with Crippen LogP contribution in [0.5, 0.6) is 5.75 Å². The zero-order valence-electron chi connectivity index (χ0n) is 21.6. The van der Waals surface area contributed by atoms with E-state index in [4.69, 9.17) is 9.15 Å². The average Bonchev–Trinajstić information content (AvgIpc) is 3.26. The highest BCUT2D eigenvalue weighted by Crippen LogP contribution is 2.35. The lowest BCUT2D eigenvalue weighted by molar-refractivity contribution is -0.134. The van der Waals surface area contributed by atoms with Crippen molar-refractivity contribution in [3.8, 4) is 5.75 Å². The molecule has 7 nitrogen and oxygen atoms in total. The van der Waals surface area contributed by atoms with Crippen LogP contribution in [0.25, 0.3) is 11.1 Å². The number of amides is 2. The summed E-state index contributed by atoms with van der Waals surface area (Å²) in [7, 11) is 0. The minimum Gasteiger partial charge on any atom is -0.494 e. The molecule has 1 aliphatic heterocycles. The van der Waals surface area contributed by atoms with Crippen molar-refractivity contribution in [2.45, 2.75) is 90.4 Å². The van der Waals surface area contributed by atoms with E-state index < -0.39 is 5.54 Å². The first-order valence-electron chi connectivity index (χ1n) is 13.3. The summed E-state index contributed by atoms with van der Waals surface area (Å²) in [5, 5.41) is 3.32. The highest BCUT2D eigenvalue weighted by atomic mass is 16.5. The van der Waals surface area contributed by atoms with E-state index >= 15 is 0 Å². The molecule has 1 aromatic carbocycles. The summed E-state index contributed by atoms with van der Waals surface area (Å²) in [5.74, 6) is 1.36. The van der Waals surface area contributed by atoms with E-state index in [0.29, 0.717) is 31.0 Å². The van der Waals surface area contributed by atoms with Crippen LogP contribution in [0.15, 0.2) is 40.8 Å². The van der Waals surface area contributed by atoms with Crippen LogP contribution in [0.3, 0.4) is 0 Å². The molecule has 1 aliphatic carbocycles. The standard InChI is InChI=1S/C29H37N3O4/c1-4-15-35-23-13-11-21(12-14-23)18-32-27(33)25-17-26-24(16-20(2)36-26)31(25)19-29(32,3)28(34)30-22-9-7-5-6-8-10-22/h11-14,16-17,22H,4-10,15,18-19H2,1-3H3,(H,30,34)/t29-/m0/s1. The smallest absolute Gasteiger partial charge is 0.271 e. The Kier molecular flexibility index (Phi) is 6.82. The molecule has 5 rings (SSSR count). The fraction of sp³-hybridized carbons (Fsp3) is 0.517. The van der Waals surface area contributed by atoms with Gasteiger partial charge in [0.1, 0.15) is 22.7 Å². The van der Waals surface area contributed by atoms with Gasteiger partial charge in [-0.1, -0.05) is 44.7 Å². The first-order chi connectivity index (χ1) is 17.4. The van der Waals surface area contributed by atoms with Crippen molar-refractivity contribution in [2.24, 2.45) is 0 Å². The van der Waals surface area contributed by atoms with Gasteiger partial charge in [0.15, 0.2) is 5.58 Å². The van der Waals surface area contributed by atoms with E-state index in [1.54, 1.807) is 4.90 Å². The third kappa shape index (κ3) is 4.63. The molecule has 0 bridgehead atoms. The summed E-state index contributed by atoms with van der Waals surface area (Å²) in [6.07, 6.45) is 7.64. The maximum atomic E-state index is 13.9. The lowest BCUT2D eigenvalue weighted by Gasteiger charge is -2.44. The second kappa shape index (κ2) is 10.0. The Morgan fingerprint density at radius 3 is 2.56 bits per heavy atom. The number of rotatable bonds is 7. The summed E-state index contributed by atoms with van der Waals surface area (Å²) in [6, 6.07) is 11.7. The summed E-state index contributed by atoms with van der Waals surface area (Å²) < 4.78 is 13.5. The van der Waals surface area contributed by atoms with E-state index in [1.807, 2.05) is 54.8 Å². The van der Waals surface area contributed by atoms with Crippen LogP contribution in [0.2, 0.25) is 0 Å². The van der Waals surface area contributed by atoms with E-state index in [1.165, 1.54) is 12.8 Å². The SMILES string of the molecule is CCCOc1ccc(CN2C(=O)c3cc4oc(C)cc4n3C[C@@]2(C)C(=O)NC2CCCCCC2)cc1. The summed E-state index contributed by atoms with van der Waals surface area (Å²) in [5.41, 5.74) is 2.03. The van der Waals surface area contributed by atoms with Gasteiger partial charge in [-0.05, 0) is 50.8 Å². The molecule has 3 aromatic rings. The Hall–Kier alpha value is -3.22. The first kappa shape index (κ1) is 24.5. The summed E-state index contributed by atoms with van der Waals surface area (Å²) in [4.78, 5) is 29.6. The molecule has 0 spiro atoms. The lowest BCUT2D eigenvalue weighted by Crippen LogP contribution is -2.64.